The van der Waals surface area contributed by atoms with Crippen molar-refractivity contribution in [2.75, 3.05) is 4.90 Å². The number of fused-ring (bicyclic) bond motifs is 6. The van der Waals surface area contributed by atoms with E-state index in [2.05, 4.69) is 148 Å². The number of carbonyl (C=O) groups is 1. The summed E-state index contributed by atoms with van der Waals surface area (Å²) in [5.74, 6) is -1.22. The van der Waals surface area contributed by atoms with E-state index in [4.69, 9.17) is 5.26 Å². The van der Waals surface area contributed by atoms with Gasteiger partial charge in [-0.25, -0.2) is 4.79 Å². The van der Waals surface area contributed by atoms with Gasteiger partial charge in [0.05, 0.1) is 0 Å². The molecule has 0 fully saturated rings. The van der Waals surface area contributed by atoms with E-state index >= 15 is 0 Å². The number of benzene rings is 5. The fourth-order valence-corrected chi connectivity index (χ4v) is 8.70. The van der Waals surface area contributed by atoms with E-state index in [-0.39, 0.29) is 16.4 Å². The molecule has 5 heteroatoms. The molecule has 2 aliphatic carbocycles. The van der Waals surface area contributed by atoms with Crippen LogP contribution in [0.5, 0.6) is 0 Å². The molecule has 51 heavy (non-hydrogen) atoms. The van der Waals surface area contributed by atoms with Crippen molar-refractivity contribution in [1.82, 2.24) is 0 Å². The maximum absolute atomic E-state index is 11.3. The summed E-state index contributed by atoms with van der Waals surface area (Å²) in [5.41, 5.74) is 14.4. The van der Waals surface area contributed by atoms with Crippen LogP contribution in [0.3, 0.4) is 0 Å². The first-order chi connectivity index (χ1) is 24.6. The number of rotatable bonds is 7. The lowest BCUT2D eigenvalue weighted by Crippen LogP contribution is -2.18. The summed E-state index contributed by atoms with van der Waals surface area (Å²) >= 11 is 1.44. The third kappa shape index (κ3) is 5.40. The minimum atomic E-state index is -1.22. The van der Waals surface area contributed by atoms with Crippen LogP contribution in [0.2, 0.25) is 0 Å². The molecule has 0 atom stereocenters. The quantitative estimate of drug-likeness (QED) is 0.135. The summed E-state index contributed by atoms with van der Waals surface area (Å²) < 4.78 is 0. The van der Waals surface area contributed by atoms with Crippen LogP contribution in [0.15, 0.2) is 127 Å². The van der Waals surface area contributed by atoms with Crippen molar-refractivity contribution in [3.8, 4) is 28.3 Å². The van der Waals surface area contributed by atoms with Crippen LogP contribution in [0, 0.1) is 11.3 Å². The summed E-state index contributed by atoms with van der Waals surface area (Å²) in [6.07, 6.45) is 5.48. The first-order valence-corrected chi connectivity index (χ1v) is 17.9. The van der Waals surface area contributed by atoms with E-state index in [0.717, 1.165) is 32.4 Å². The Balaban J connectivity index is 1.18. The smallest absolute Gasteiger partial charge is 0.346 e. The van der Waals surface area contributed by atoms with Gasteiger partial charge in [0.2, 0.25) is 0 Å². The van der Waals surface area contributed by atoms with Gasteiger partial charge in [0, 0.05) is 37.6 Å². The lowest BCUT2D eigenvalue weighted by molar-refractivity contribution is -0.132. The number of aliphatic carboxylic acids is 1. The second-order valence-electron chi connectivity index (χ2n) is 14.3. The molecule has 0 saturated heterocycles. The summed E-state index contributed by atoms with van der Waals surface area (Å²) in [4.78, 5) is 15.3. The molecule has 1 N–H and O–H groups in total. The molecular weight excluding hydrogens is 645 g/mol. The molecule has 0 unspecified atom stereocenters. The Hall–Kier alpha value is -5.96. The van der Waals surface area contributed by atoms with Crippen molar-refractivity contribution >= 4 is 52.6 Å². The molecule has 0 saturated carbocycles. The predicted molar refractivity (Wildman–Crippen MR) is 211 cm³/mol. The molecule has 1 aromatic heterocycles. The molecule has 0 radical (unpaired) electrons. The first kappa shape index (κ1) is 32.3. The zero-order chi connectivity index (χ0) is 35.5. The van der Waals surface area contributed by atoms with Gasteiger partial charge in [-0.15, -0.1) is 11.3 Å². The van der Waals surface area contributed by atoms with E-state index in [1.807, 2.05) is 18.2 Å². The van der Waals surface area contributed by atoms with Crippen molar-refractivity contribution in [1.29, 1.82) is 5.26 Å². The second-order valence-corrected chi connectivity index (χ2v) is 15.4. The van der Waals surface area contributed by atoms with Crippen LogP contribution in [-0.2, 0) is 15.6 Å². The average Bonchev–Trinajstić information content (AvgIpc) is 3.76. The van der Waals surface area contributed by atoms with Gasteiger partial charge < -0.3 is 10.0 Å². The molecule has 4 nitrogen and oxygen atoms in total. The number of nitriles is 1. The van der Waals surface area contributed by atoms with Crippen LogP contribution in [0.25, 0.3) is 40.5 Å². The van der Waals surface area contributed by atoms with Gasteiger partial charge in [-0.2, -0.15) is 5.26 Å². The normalized spacial score (nSPS) is 14.8. The molecule has 6 aromatic rings. The zero-order valence-corrected chi connectivity index (χ0v) is 29.8. The van der Waals surface area contributed by atoms with Gasteiger partial charge >= 0.3 is 5.97 Å². The topological polar surface area (TPSA) is 64.3 Å². The van der Waals surface area contributed by atoms with E-state index in [9.17, 15) is 9.90 Å². The Bertz CT molecular complexity index is 2370. The van der Waals surface area contributed by atoms with Gasteiger partial charge in [-0.3, -0.25) is 0 Å². The number of hydrogen-bond acceptors (Lipinski definition) is 4. The summed E-state index contributed by atoms with van der Waals surface area (Å²) in [7, 11) is 0. The van der Waals surface area contributed by atoms with Crippen molar-refractivity contribution in [3.05, 3.63) is 164 Å². The van der Waals surface area contributed by atoms with E-state index in [1.165, 1.54) is 61.9 Å². The summed E-state index contributed by atoms with van der Waals surface area (Å²) in [6, 6.07) is 45.5. The third-order valence-corrected chi connectivity index (χ3v) is 11.5. The standard InChI is InChI=1S/C46H36N2O2S/c1-45(2)40-11-7-5-9-36(40)38-23-18-32(26-42(38)45)48(33-19-24-39-37-10-6-8-12-41(37)46(3,4)43(39)27-33)31-16-13-29(14-17-31)15-20-34-21-22-35(51-34)25-30(28-47)44(49)50/h5-27H,1-4H3,(H,49,50)/b20-15+,30-25+. The van der Waals surface area contributed by atoms with Crippen molar-refractivity contribution in [2.45, 2.75) is 38.5 Å². The number of carboxylic acid groups (broad SMARTS) is 1. The maximum atomic E-state index is 11.3. The second kappa shape index (κ2) is 12.1. The largest absolute Gasteiger partial charge is 0.477 e. The number of thiophene rings is 1. The number of nitrogens with zero attached hydrogens (tertiary/aromatic N) is 2. The third-order valence-electron chi connectivity index (χ3n) is 10.5. The molecule has 0 spiro atoms. The molecule has 1 heterocycles. The number of hydrogen-bond donors (Lipinski definition) is 1. The van der Waals surface area contributed by atoms with E-state index < -0.39 is 5.97 Å². The van der Waals surface area contributed by atoms with Gasteiger partial charge in [0.1, 0.15) is 11.6 Å². The summed E-state index contributed by atoms with van der Waals surface area (Å²) in [6.45, 7) is 9.29. The Morgan fingerprint density at radius 1 is 0.627 bits per heavy atom. The Morgan fingerprint density at radius 3 is 1.65 bits per heavy atom. The van der Waals surface area contributed by atoms with Crippen molar-refractivity contribution in [2.24, 2.45) is 0 Å². The van der Waals surface area contributed by atoms with Crippen molar-refractivity contribution in [3.63, 3.8) is 0 Å². The van der Waals surface area contributed by atoms with E-state index in [1.54, 1.807) is 6.07 Å². The molecular formula is C46H36N2O2S. The Morgan fingerprint density at radius 2 is 1.12 bits per heavy atom. The fraction of sp³-hybridized carbons (Fsp3) is 0.130. The predicted octanol–water partition coefficient (Wildman–Crippen LogP) is 12.0. The molecule has 0 amide bonds. The Labute approximate surface area is 302 Å². The fourth-order valence-electron chi connectivity index (χ4n) is 7.84. The van der Waals surface area contributed by atoms with Crippen LogP contribution in [0.4, 0.5) is 17.1 Å². The van der Waals surface area contributed by atoms with Crippen LogP contribution < -0.4 is 4.90 Å². The number of anilines is 3. The molecule has 248 valence electrons. The molecule has 8 rings (SSSR count). The van der Waals surface area contributed by atoms with Gasteiger partial charge in [0.15, 0.2) is 0 Å². The summed E-state index contributed by atoms with van der Waals surface area (Å²) in [5, 5.41) is 18.3. The highest BCUT2D eigenvalue weighted by molar-refractivity contribution is 7.13. The van der Waals surface area contributed by atoms with Crippen molar-refractivity contribution < 1.29 is 9.90 Å². The van der Waals surface area contributed by atoms with Gasteiger partial charge in [0.25, 0.3) is 0 Å². The minimum absolute atomic E-state index is 0.120. The van der Waals surface area contributed by atoms with Crippen LogP contribution >= 0.6 is 11.3 Å². The van der Waals surface area contributed by atoms with Gasteiger partial charge in [-0.05, 0) is 111 Å². The highest BCUT2D eigenvalue weighted by Gasteiger charge is 2.37. The van der Waals surface area contributed by atoms with Crippen LogP contribution in [0.1, 0.15) is 65.3 Å². The molecule has 5 aromatic carbocycles. The van der Waals surface area contributed by atoms with E-state index in [0.29, 0.717) is 0 Å². The monoisotopic (exact) mass is 680 g/mol. The average molecular weight is 681 g/mol. The minimum Gasteiger partial charge on any atom is -0.477 e. The zero-order valence-electron chi connectivity index (χ0n) is 28.9. The maximum Gasteiger partial charge on any atom is 0.346 e. The lowest BCUT2D eigenvalue weighted by Gasteiger charge is -2.29. The highest BCUT2D eigenvalue weighted by atomic mass is 32.1. The van der Waals surface area contributed by atoms with Gasteiger partial charge in [-0.1, -0.05) is 107 Å². The highest BCUT2D eigenvalue weighted by Crippen LogP contribution is 2.53. The lowest BCUT2D eigenvalue weighted by atomic mass is 9.82. The molecule has 2 aliphatic rings. The molecule has 0 bridgehead atoms. The SMILES string of the molecule is CC1(C)c2ccccc2-c2ccc(N(c3ccc(/C=C/c4ccc(/C=C(\C#N)C(=O)O)s4)cc3)c3ccc4c(c3)C(C)(C)c3ccccc3-4)cc21. The first-order valence-electron chi connectivity index (χ1n) is 17.1. The van der Waals surface area contributed by atoms with Crippen LogP contribution in [-0.4, -0.2) is 11.1 Å². The Kier molecular flexibility index (Phi) is 7.67. The number of carboxylic acids is 1. The molecule has 0 aliphatic heterocycles.